The van der Waals surface area contributed by atoms with Crippen molar-refractivity contribution in [3.8, 4) is 11.6 Å². The molecular weight excluding hydrogens is 437 g/mol. The lowest BCUT2D eigenvalue weighted by Gasteiger charge is -2.37. The first-order chi connectivity index (χ1) is 16.5. The summed E-state index contributed by atoms with van der Waals surface area (Å²) in [4.78, 5) is 30.4. The molecule has 34 heavy (non-hydrogen) atoms. The van der Waals surface area contributed by atoms with Gasteiger partial charge in [-0.2, -0.15) is 10.2 Å². The molecule has 6 rings (SSSR count). The van der Waals surface area contributed by atoms with Gasteiger partial charge in [-0.05, 0) is 56.9 Å². The van der Waals surface area contributed by atoms with Crippen molar-refractivity contribution < 1.29 is 13.9 Å². The second-order valence-electron chi connectivity index (χ2n) is 8.89. The number of benzene rings is 1. The third-order valence-corrected chi connectivity index (χ3v) is 6.83. The second-order valence-corrected chi connectivity index (χ2v) is 8.89. The molecule has 0 radical (unpaired) electrons. The average molecular weight is 459 g/mol. The molecule has 4 heterocycles. The third-order valence-electron chi connectivity index (χ3n) is 6.83. The average Bonchev–Trinajstić information content (AvgIpc) is 3.56. The van der Waals surface area contributed by atoms with Gasteiger partial charge in [0.25, 0.3) is 5.91 Å². The zero-order valence-electron chi connectivity index (χ0n) is 18.7. The minimum Gasteiger partial charge on any atom is -0.471 e. The number of ether oxygens (including phenoxy) is 1. The van der Waals surface area contributed by atoms with Crippen LogP contribution in [-0.4, -0.2) is 58.9 Å². The first kappa shape index (κ1) is 20.6. The number of halogens is 1. The number of rotatable bonds is 4. The molecule has 1 saturated heterocycles. The van der Waals surface area contributed by atoms with E-state index in [0.717, 1.165) is 18.5 Å². The lowest BCUT2D eigenvalue weighted by molar-refractivity contribution is 0.0309. The Balaban J connectivity index is 1.29. The lowest BCUT2D eigenvalue weighted by atomic mass is 9.98. The van der Waals surface area contributed by atoms with Crippen LogP contribution in [0.25, 0.3) is 16.7 Å². The SMILES string of the molecule is Cc1ccc(-n2nccn2)c(C(=O)N2[C@H](C)[C@H]3C[C@@H](Oc4cnc5cc(F)ccc5n4)[C@@H]2C3)n1. The summed E-state index contributed by atoms with van der Waals surface area (Å²) in [5.74, 6) is 0.162. The summed E-state index contributed by atoms with van der Waals surface area (Å²) in [6.45, 7) is 3.93. The number of amides is 1. The molecule has 0 spiro atoms. The van der Waals surface area contributed by atoms with Crippen molar-refractivity contribution in [3.63, 3.8) is 0 Å². The molecule has 4 atom stereocenters. The van der Waals surface area contributed by atoms with Crippen LogP contribution in [0, 0.1) is 18.7 Å². The Hall–Kier alpha value is -3.95. The zero-order valence-corrected chi connectivity index (χ0v) is 18.7. The van der Waals surface area contributed by atoms with E-state index in [9.17, 15) is 9.18 Å². The molecule has 0 N–H and O–H groups in total. The molecule has 1 amide bonds. The van der Waals surface area contributed by atoms with E-state index in [1.54, 1.807) is 18.5 Å². The number of likely N-dealkylation sites (tertiary alicyclic amines) is 1. The standard InChI is InChI=1S/C24H22FN7O2/c1-13-3-6-19(32-27-7-8-28-32)23(29-13)24(33)31-14(2)15-9-20(31)21(10-15)34-22-12-26-18-11-16(25)4-5-17(18)30-22/h3-8,11-12,14-15,20-21H,9-10H2,1-2H3/t14-,15-,20+,21-/m1/s1. The molecular formula is C24H22FN7O2. The van der Waals surface area contributed by atoms with Crippen molar-refractivity contribution in [2.45, 2.75) is 44.9 Å². The smallest absolute Gasteiger partial charge is 0.275 e. The van der Waals surface area contributed by atoms with Gasteiger partial charge < -0.3 is 9.64 Å². The van der Waals surface area contributed by atoms with Crippen molar-refractivity contribution >= 4 is 16.9 Å². The Bertz CT molecular complexity index is 1390. The van der Waals surface area contributed by atoms with Crippen LogP contribution in [-0.2, 0) is 0 Å². The molecule has 9 nitrogen and oxygen atoms in total. The number of carbonyl (C=O) groups excluding carboxylic acids is 1. The second kappa shape index (κ2) is 7.82. The Morgan fingerprint density at radius 1 is 1.09 bits per heavy atom. The fourth-order valence-electron chi connectivity index (χ4n) is 5.20. The summed E-state index contributed by atoms with van der Waals surface area (Å²) in [6.07, 6.45) is 6.11. The van der Waals surface area contributed by atoms with Gasteiger partial charge in [0, 0.05) is 17.8 Å². The topological polar surface area (TPSA) is 98.9 Å². The van der Waals surface area contributed by atoms with E-state index in [4.69, 9.17) is 4.74 Å². The summed E-state index contributed by atoms with van der Waals surface area (Å²) < 4.78 is 19.7. The van der Waals surface area contributed by atoms with Crippen molar-refractivity contribution in [2.75, 3.05) is 0 Å². The molecule has 0 unspecified atom stereocenters. The van der Waals surface area contributed by atoms with Crippen LogP contribution in [0.3, 0.4) is 0 Å². The van der Waals surface area contributed by atoms with Gasteiger partial charge in [-0.15, -0.1) is 4.80 Å². The number of aryl methyl sites for hydroxylation is 1. The molecule has 10 heteroatoms. The van der Waals surface area contributed by atoms with Crippen molar-refractivity contribution in [3.05, 3.63) is 66.1 Å². The van der Waals surface area contributed by atoms with E-state index in [1.165, 1.54) is 23.1 Å². The maximum absolute atomic E-state index is 13.8. The highest BCUT2D eigenvalue weighted by atomic mass is 19.1. The fraction of sp³-hybridized carbons (Fsp3) is 0.333. The number of carbonyl (C=O) groups is 1. The summed E-state index contributed by atoms with van der Waals surface area (Å²) in [6, 6.07) is 7.87. The van der Waals surface area contributed by atoms with Gasteiger partial charge in [0.05, 0.1) is 35.7 Å². The van der Waals surface area contributed by atoms with Crippen molar-refractivity contribution in [2.24, 2.45) is 5.92 Å². The van der Waals surface area contributed by atoms with Crippen LogP contribution < -0.4 is 4.74 Å². The van der Waals surface area contributed by atoms with Gasteiger partial charge >= 0.3 is 0 Å². The predicted molar refractivity (Wildman–Crippen MR) is 120 cm³/mol. The largest absolute Gasteiger partial charge is 0.471 e. The van der Waals surface area contributed by atoms with Crippen molar-refractivity contribution in [1.82, 2.24) is 34.8 Å². The van der Waals surface area contributed by atoms with Gasteiger partial charge in [0.15, 0.2) is 5.69 Å². The Labute approximate surface area is 194 Å². The molecule has 1 saturated carbocycles. The van der Waals surface area contributed by atoms with E-state index < -0.39 is 0 Å². The van der Waals surface area contributed by atoms with Crippen LogP contribution in [0.4, 0.5) is 4.39 Å². The normalized spacial score (nSPS) is 23.6. The number of pyridine rings is 1. The molecule has 1 aromatic carbocycles. The summed E-state index contributed by atoms with van der Waals surface area (Å²) in [7, 11) is 0. The van der Waals surface area contributed by atoms with E-state index in [-0.39, 0.29) is 29.9 Å². The quantitative estimate of drug-likeness (QED) is 0.462. The molecule has 2 fully saturated rings. The molecule has 1 aliphatic carbocycles. The number of hydrogen-bond donors (Lipinski definition) is 0. The maximum Gasteiger partial charge on any atom is 0.275 e. The summed E-state index contributed by atoms with van der Waals surface area (Å²) in [5, 5.41) is 8.37. The number of aromatic nitrogens is 6. The zero-order chi connectivity index (χ0) is 23.4. The van der Waals surface area contributed by atoms with Crippen LogP contribution >= 0.6 is 0 Å². The highest BCUT2D eigenvalue weighted by Crippen LogP contribution is 2.44. The predicted octanol–water partition coefficient (Wildman–Crippen LogP) is 3.12. The summed E-state index contributed by atoms with van der Waals surface area (Å²) in [5.41, 5.74) is 2.63. The van der Waals surface area contributed by atoms with E-state index in [1.807, 2.05) is 24.0 Å². The van der Waals surface area contributed by atoms with Crippen LogP contribution in [0.5, 0.6) is 5.88 Å². The molecule has 4 aromatic rings. The van der Waals surface area contributed by atoms with E-state index in [2.05, 4.69) is 32.1 Å². The van der Waals surface area contributed by atoms with Gasteiger partial charge in [-0.3, -0.25) is 4.79 Å². The van der Waals surface area contributed by atoms with E-state index >= 15 is 0 Å². The molecule has 3 aromatic heterocycles. The molecule has 2 aliphatic rings. The van der Waals surface area contributed by atoms with Crippen LogP contribution in [0.2, 0.25) is 0 Å². The first-order valence-corrected chi connectivity index (χ1v) is 11.2. The number of nitrogens with zero attached hydrogens (tertiary/aromatic N) is 7. The monoisotopic (exact) mass is 459 g/mol. The minimum atomic E-state index is -0.360. The van der Waals surface area contributed by atoms with E-state index in [0.29, 0.717) is 34.2 Å². The number of fused-ring (bicyclic) bond motifs is 3. The Kier molecular flexibility index (Phi) is 4.75. The highest BCUT2D eigenvalue weighted by Gasteiger charge is 2.53. The van der Waals surface area contributed by atoms with Gasteiger partial charge in [0.1, 0.15) is 17.6 Å². The molecule has 172 valence electrons. The number of hydrogen-bond acceptors (Lipinski definition) is 7. The highest BCUT2D eigenvalue weighted by molar-refractivity contribution is 5.96. The fourth-order valence-corrected chi connectivity index (χ4v) is 5.20. The minimum absolute atomic E-state index is 0.0590. The van der Waals surface area contributed by atoms with Gasteiger partial charge in [-0.25, -0.2) is 19.3 Å². The maximum atomic E-state index is 13.8. The molecule has 2 bridgehead atoms. The third kappa shape index (κ3) is 3.37. The Morgan fingerprint density at radius 3 is 2.71 bits per heavy atom. The van der Waals surface area contributed by atoms with Gasteiger partial charge in [-0.1, -0.05) is 0 Å². The van der Waals surface area contributed by atoms with Crippen LogP contribution in [0.1, 0.15) is 35.9 Å². The van der Waals surface area contributed by atoms with Crippen molar-refractivity contribution in [1.29, 1.82) is 0 Å². The van der Waals surface area contributed by atoms with Crippen LogP contribution in [0.15, 0.2) is 48.9 Å². The Morgan fingerprint density at radius 2 is 1.91 bits per heavy atom. The first-order valence-electron chi connectivity index (χ1n) is 11.2. The van der Waals surface area contributed by atoms with Gasteiger partial charge in [0.2, 0.25) is 5.88 Å². The lowest BCUT2D eigenvalue weighted by Crippen LogP contribution is -2.51. The molecule has 1 aliphatic heterocycles. The summed E-state index contributed by atoms with van der Waals surface area (Å²) >= 11 is 0. The number of piperidine rings is 1.